The third-order valence-electron chi connectivity index (χ3n) is 3.59. The fourth-order valence-corrected chi connectivity index (χ4v) is 2.50. The van der Waals surface area contributed by atoms with Gasteiger partial charge >= 0.3 is 6.09 Å². The van der Waals surface area contributed by atoms with Crippen LogP contribution in [0, 0.1) is 0 Å². The van der Waals surface area contributed by atoms with E-state index < -0.39 is 11.7 Å². The van der Waals surface area contributed by atoms with Gasteiger partial charge in [0.1, 0.15) is 16.6 Å². The van der Waals surface area contributed by atoms with E-state index in [0.717, 1.165) is 16.6 Å². The molecule has 7 heteroatoms. The van der Waals surface area contributed by atoms with Crippen LogP contribution in [-0.4, -0.2) is 33.7 Å². The zero-order valence-electron chi connectivity index (χ0n) is 15.0. The number of hydrogen-bond donors (Lipinski definition) is 0. The van der Waals surface area contributed by atoms with Crippen LogP contribution in [0.15, 0.2) is 42.7 Å². The van der Waals surface area contributed by atoms with Gasteiger partial charge in [-0.25, -0.2) is 14.8 Å². The summed E-state index contributed by atoms with van der Waals surface area (Å²) >= 11 is 5.96. The molecular formula is C19H19ClN4O2. The molecule has 3 aromatic heterocycles. The molecule has 0 N–H and O–H groups in total. The Kier molecular flexibility index (Phi) is 4.78. The second kappa shape index (κ2) is 6.88. The van der Waals surface area contributed by atoms with Crippen molar-refractivity contribution in [2.75, 3.05) is 11.9 Å². The fourth-order valence-electron chi connectivity index (χ4n) is 2.34. The summed E-state index contributed by atoms with van der Waals surface area (Å²) in [4.78, 5) is 26.6. The molecule has 0 unspecified atom stereocenters. The Hall–Kier alpha value is -2.73. The van der Waals surface area contributed by atoms with Gasteiger partial charge in [0, 0.05) is 25.0 Å². The summed E-state index contributed by atoms with van der Waals surface area (Å²) in [5, 5.41) is 0.413. The van der Waals surface area contributed by atoms with Gasteiger partial charge in [0.25, 0.3) is 0 Å². The van der Waals surface area contributed by atoms with Gasteiger partial charge in [0.05, 0.1) is 11.0 Å². The lowest BCUT2D eigenvalue weighted by Gasteiger charge is -2.24. The number of carbonyl (C=O) groups is 1. The Morgan fingerprint density at radius 3 is 2.58 bits per heavy atom. The Balaban J connectivity index is 1.93. The molecule has 0 atom stereocenters. The summed E-state index contributed by atoms with van der Waals surface area (Å²) in [6.07, 6.45) is 2.93. The largest absolute Gasteiger partial charge is 0.443 e. The quantitative estimate of drug-likeness (QED) is 0.611. The smallest absolute Gasteiger partial charge is 0.415 e. The predicted molar refractivity (Wildman–Crippen MR) is 102 cm³/mol. The first kappa shape index (κ1) is 18.1. The van der Waals surface area contributed by atoms with Crippen molar-refractivity contribution in [2.45, 2.75) is 26.4 Å². The Morgan fingerprint density at radius 2 is 1.85 bits per heavy atom. The second-order valence-electron chi connectivity index (χ2n) is 6.84. The summed E-state index contributed by atoms with van der Waals surface area (Å²) < 4.78 is 5.38. The van der Waals surface area contributed by atoms with E-state index in [1.54, 1.807) is 31.6 Å². The van der Waals surface area contributed by atoms with Crippen LogP contribution in [0.3, 0.4) is 0 Å². The van der Waals surface area contributed by atoms with Crippen molar-refractivity contribution in [1.82, 2.24) is 15.0 Å². The lowest BCUT2D eigenvalue weighted by Crippen LogP contribution is -2.34. The highest BCUT2D eigenvalue weighted by atomic mass is 35.5. The molecule has 0 saturated heterocycles. The van der Waals surface area contributed by atoms with Crippen molar-refractivity contribution in [3.8, 4) is 11.1 Å². The molecule has 3 rings (SSSR count). The lowest BCUT2D eigenvalue weighted by molar-refractivity contribution is 0.0588. The Morgan fingerprint density at radius 1 is 1.08 bits per heavy atom. The number of amides is 1. The number of pyridine rings is 3. The zero-order chi connectivity index (χ0) is 18.9. The molecule has 26 heavy (non-hydrogen) atoms. The van der Waals surface area contributed by atoms with Gasteiger partial charge < -0.3 is 4.74 Å². The Bertz CT molecular complexity index is 969. The van der Waals surface area contributed by atoms with Crippen molar-refractivity contribution in [2.24, 2.45) is 0 Å². The first-order valence-corrected chi connectivity index (χ1v) is 8.46. The molecule has 0 spiro atoms. The molecule has 3 aromatic rings. The van der Waals surface area contributed by atoms with Crippen LogP contribution in [0.2, 0.25) is 5.15 Å². The van der Waals surface area contributed by atoms with E-state index in [1.807, 2.05) is 39.0 Å². The number of aromatic nitrogens is 3. The first-order chi connectivity index (χ1) is 12.2. The van der Waals surface area contributed by atoms with Crippen molar-refractivity contribution < 1.29 is 9.53 Å². The molecule has 0 bridgehead atoms. The molecular weight excluding hydrogens is 352 g/mol. The van der Waals surface area contributed by atoms with E-state index in [1.165, 1.54) is 4.90 Å². The van der Waals surface area contributed by atoms with E-state index in [-0.39, 0.29) is 0 Å². The van der Waals surface area contributed by atoms with Gasteiger partial charge in [-0.2, -0.15) is 0 Å². The monoisotopic (exact) mass is 370 g/mol. The first-order valence-electron chi connectivity index (χ1n) is 8.08. The number of carbonyl (C=O) groups excluding carboxylic acids is 1. The molecule has 0 aliphatic rings. The van der Waals surface area contributed by atoms with Crippen LogP contribution in [0.1, 0.15) is 20.8 Å². The summed E-state index contributed by atoms with van der Waals surface area (Å²) in [7, 11) is 1.63. The van der Waals surface area contributed by atoms with Gasteiger partial charge in [-0.05, 0) is 56.7 Å². The Labute approximate surface area is 156 Å². The molecule has 0 aromatic carbocycles. The van der Waals surface area contributed by atoms with Gasteiger partial charge in [-0.15, -0.1) is 0 Å². The SMILES string of the molecule is CN(C(=O)OC(C)(C)C)c1cc(-c2cnc3ccc(Cl)nc3c2)ccn1. The normalized spacial score (nSPS) is 11.4. The van der Waals surface area contributed by atoms with Crippen molar-refractivity contribution in [3.05, 3.63) is 47.9 Å². The van der Waals surface area contributed by atoms with E-state index >= 15 is 0 Å². The number of fused-ring (bicyclic) bond motifs is 1. The van der Waals surface area contributed by atoms with Gasteiger partial charge in [0.15, 0.2) is 0 Å². The third kappa shape index (κ3) is 4.08. The summed E-state index contributed by atoms with van der Waals surface area (Å²) in [5.74, 6) is 0.482. The second-order valence-corrected chi connectivity index (χ2v) is 7.23. The van der Waals surface area contributed by atoms with Crippen LogP contribution in [0.25, 0.3) is 22.2 Å². The number of ether oxygens (including phenoxy) is 1. The summed E-state index contributed by atoms with van der Waals surface area (Å²) in [6, 6.07) is 9.08. The topological polar surface area (TPSA) is 68.2 Å². The molecule has 0 saturated carbocycles. The standard InChI is InChI=1S/C19H19ClN4O2/c1-19(2,3)26-18(25)24(4)17-10-12(7-8-21-17)13-9-15-14(22-11-13)5-6-16(20)23-15/h5-11H,1-4H3. The van der Waals surface area contributed by atoms with Crippen LogP contribution in [0.5, 0.6) is 0 Å². The third-order valence-corrected chi connectivity index (χ3v) is 3.80. The van der Waals surface area contributed by atoms with E-state index in [4.69, 9.17) is 16.3 Å². The van der Waals surface area contributed by atoms with Gasteiger partial charge in [-0.1, -0.05) is 11.6 Å². The molecule has 0 aliphatic carbocycles. The maximum absolute atomic E-state index is 12.2. The maximum atomic E-state index is 12.2. The van der Waals surface area contributed by atoms with Crippen LogP contribution in [0.4, 0.5) is 10.6 Å². The van der Waals surface area contributed by atoms with E-state index in [9.17, 15) is 4.79 Å². The van der Waals surface area contributed by atoms with Crippen LogP contribution in [-0.2, 0) is 4.74 Å². The molecule has 3 heterocycles. The number of halogens is 1. The minimum Gasteiger partial charge on any atom is -0.443 e. The number of rotatable bonds is 2. The van der Waals surface area contributed by atoms with Crippen molar-refractivity contribution >= 4 is 34.5 Å². The van der Waals surface area contributed by atoms with E-state index in [2.05, 4.69) is 15.0 Å². The van der Waals surface area contributed by atoms with E-state index in [0.29, 0.717) is 16.5 Å². The molecule has 0 fully saturated rings. The van der Waals surface area contributed by atoms with Crippen molar-refractivity contribution in [3.63, 3.8) is 0 Å². The molecule has 6 nitrogen and oxygen atoms in total. The highest BCUT2D eigenvalue weighted by molar-refractivity contribution is 6.29. The minimum atomic E-state index is -0.573. The summed E-state index contributed by atoms with van der Waals surface area (Å²) in [5.41, 5.74) is 2.61. The summed E-state index contributed by atoms with van der Waals surface area (Å²) in [6.45, 7) is 5.46. The van der Waals surface area contributed by atoms with Gasteiger partial charge in [-0.3, -0.25) is 9.88 Å². The van der Waals surface area contributed by atoms with Crippen LogP contribution < -0.4 is 4.90 Å². The zero-order valence-corrected chi connectivity index (χ0v) is 15.8. The molecule has 0 radical (unpaired) electrons. The van der Waals surface area contributed by atoms with Gasteiger partial charge in [0.2, 0.25) is 0 Å². The lowest BCUT2D eigenvalue weighted by atomic mass is 10.1. The highest BCUT2D eigenvalue weighted by Crippen LogP contribution is 2.25. The number of hydrogen-bond acceptors (Lipinski definition) is 5. The fraction of sp³-hybridized carbons (Fsp3) is 0.263. The number of nitrogens with zero attached hydrogens (tertiary/aromatic N) is 4. The average Bonchev–Trinajstić information content (AvgIpc) is 2.59. The molecule has 0 aliphatic heterocycles. The highest BCUT2D eigenvalue weighted by Gasteiger charge is 2.21. The molecule has 1 amide bonds. The predicted octanol–water partition coefficient (Wildman–Crippen LogP) is 4.72. The van der Waals surface area contributed by atoms with Crippen LogP contribution >= 0.6 is 11.6 Å². The van der Waals surface area contributed by atoms with Crippen molar-refractivity contribution in [1.29, 1.82) is 0 Å². The maximum Gasteiger partial charge on any atom is 0.415 e. The average molecular weight is 371 g/mol. The number of anilines is 1. The molecule has 134 valence electrons. The minimum absolute atomic E-state index is 0.413.